The van der Waals surface area contributed by atoms with Crippen molar-refractivity contribution in [3.05, 3.63) is 94.5 Å². The molecule has 3 rings (SSSR count). The Balaban J connectivity index is 1.76. The number of nitro benzene ring substituents is 1. The van der Waals surface area contributed by atoms with Crippen LogP contribution in [0.2, 0.25) is 0 Å². The van der Waals surface area contributed by atoms with Gasteiger partial charge in [-0.1, -0.05) is 30.3 Å². The highest BCUT2D eigenvalue weighted by atomic mass is 32.2. The summed E-state index contributed by atoms with van der Waals surface area (Å²) >= 11 is 0. The molecule has 7 heteroatoms. The lowest BCUT2D eigenvalue weighted by Crippen LogP contribution is -2.02. The maximum absolute atomic E-state index is 12.5. The maximum Gasteiger partial charge on any atom is 0.276 e. The van der Waals surface area contributed by atoms with Gasteiger partial charge in [0.25, 0.3) is 5.69 Å². The number of hydrogen-bond acceptors (Lipinski definition) is 5. The molecular formula is C19H15NO5S. The topological polar surface area (TPSA) is 86.5 Å². The van der Waals surface area contributed by atoms with Gasteiger partial charge < -0.3 is 4.74 Å². The zero-order valence-corrected chi connectivity index (χ0v) is 14.4. The van der Waals surface area contributed by atoms with Gasteiger partial charge in [0.1, 0.15) is 12.4 Å². The third-order valence-corrected chi connectivity index (χ3v) is 5.56. The molecule has 0 aliphatic rings. The summed E-state index contributed by atoms with van der Waals surface area (Å²) in [5.74, 6) is 0.426. The average Bonchev–Trinajstić information content (AvgIpc) is 2.67. The van der Waals surface area contributed by atoms with E-state index in [1.54, 1.807) is 36.4 Å². The highest BCUT2D eigenvalue weighted by Crippen LogP contribution is 2.24. The number of benzene rings is 3. The summed E-state index contributed by atoms with van der Waals surface area (Å²) in [5.41, 5.74) is 0.425. The van der Waals surface area contributed by atoms with Crippen molar-refractivity contribution < 1.29 is 18.1 Å². The number of rotatable bonds is 6. The van der Waals surface area contributed by atoms with Crippen LogP contribution in [-0.4, -0.2) is 13.3 Å². The zero-order chi connectivity index (χ0) is 18.6. The Morgan fingerprint density at radius 1 is 0.808 bits per heavy atom. The van der Waals surface area contributed by atoms with Gasteiger partial charge in [0, 0.05) is 6.07 Å². The van der Waals surface area contributed by atoms with E-state index in [4.69, 9.17) is 4.74 Å². The first-order valence-electron chi connectivity index (χ1n) is 7.74. The summed E-state index contributed by atoms with van der Waals surface area (Å²) in [6, 6.07) is 20.4. The Kier molecular flexibility index (Phi) is 4.99. The smallest absolute Gasteiger partial charge is 0.276 e. The number of sulfone groups is 1. The summed E-state index contributed by atoms with van der Waals surface area (Å²) in [5, 5.41) is 11.0. The van der Waals surface area contributed by atoms with Gasteiger partial charge in [-0.3, -0.25) is 10.1 Å². The van der Waals surface area contributed by atoms with E-state index in [1.165, 1.54) is 42.5 Å². The maximum atomic E-state index is 12.5. The van der Waals surface area contributed by atoms with Crippen molar-refractivity contribution >= 4 is 15.5 Å². The molecule has 0 radical (unpaired) electrons. The summed E-state index contributed by atoms with van der Waals surface area (Å²) in [7, 11) is -3.59. The predicted molar refractivity (Wildman–Crippen MR) is 95.8 cm³/mol. The molecule has 6 nitrogen and oxygen atoms in total. The molecule has 0 unspecified atom stereocenters. The van der Waals surface area contributed by atoms with Crippen LogP contribution in [0.4, 0.5) is 5.69 Å². The highest BCUT2D eigenvalue weighted by Gasteiger charge is 2.17. The summed E-state index contributed by atoms with van der Waals surface area (Å²) in [4.78, 5) is 10.9. The Morgan fingerprint density at radius 3 is 2.04 bits per heavy atom. The molecule has 0 fully saturated rings. The minimum atomic E-state index is -3.59. The van der Waals surface area contributed by atoms with Crippen molar-refractivity contribution in [1.82, 2.24) is 0 Å². The number of hydrogen-bond donors (Lipinski definition) is 0. The highest BCUT2D eigenvalue weighted by molar-refractivity contribution is 7.91. The molecule has 0 bridgehead atoms. The lowest BCUT2D eigenvalue weighted by atomic mass is 10.2. The predicted octanol–water partition coefficient (Wildman–Crippen LogP) is 4.01. The monoisotopic (exact) mass is 369 g/mol. The quantitative estimate of drug-likeness (QED) is 0.484. The van der Waals surface area contributed by atoms with Crippen molar-refractivity contribution in [2.45, 2.75) is 16.4 Å². The van der Waals surface area contributed by atoms with E-state index >= 15 is 0 Å². The largest absolute Gasteiger partial charge is 0.489 e. The molecule has 0 saturated carbocycles. The molecule has 0 amide bonds. The molecule has 3 aromatic carbocycles. The first kappa shape index (κ1) is 17.6. The van der Waals surface area contributed by atoms with Gasteiger partial charge in [-0.25, -0.2) is 8.42 Å². The fraction of sp³-hybridized carbons (Fsp3) is 0.0526. The Hall–Kier alpha value is -3.19. The fourth-order valence-corrected chi connectivity index (χ4v) is 3.70. The van der Waals surface area contributed by atoms with Gasteiger partial charge in [0.2, 0.25) is 9.84 Å². The van der Waals surface area contributed by atoms with Crippen LogP contribution in [0.5, 0.6) is 5.75 Å². The molecule has 0 N–H and O–H groups in total. The summed E-state index contributed by atoms with van der Waals surface area (Å²) < 4.78 is 30.6. The molecule has 132 valence electrons. The SMILES string of the molecule is O=[N+]([O-])c1ccccc1COc1ccc(S(=O)(=O)c2ccccc2)cc1. The van der Waals surface area contributed by atoms with Crippen LogP contribution < -0.4 is 4.74 Å². The number of nitro groups is 1. The molecule has 0 aliphatic heterocycles. The van der Waals surface area contributed by atoms with Gasteiger partial charge in [-0.05, 0) is 42.5 Å². The van der Waals surface area contributed by atoms with Crippen molar-refractivity contribution in [3.63, 3.8) is 0 Å². The minimum Gasteiger partial charge on any atom is -0.489 e. The van der Waals surface area contributed by atoms with E-state index < -0.39 is 14.8 Å². The average molecular weight is 369 g/mol. The van der Waals surface area contributed by atoms with Gasteiger partial charge in [0.15, 0.2) is 0 Å². The second kappa shape index (κ2) is 7.37. The molecule has 0 aliphatic carbocycles. The standard InChI is InChI=1S/C19H15NO5S/c21-20(22)19-9-5-4-6-15(19)14-25-16-10-12-18(13-11-16)26(23,24)17-7-2-1-3-8-17/h1-13H,14H2. The van der Waals surface area contributed by atoms with E-state index in [2.05, 4.69) is 0 Å². The molecule has 0 spiro atoms. The third kappa shape index (κ3) is 3.73. The van der Waals surface area contributed by atoms with Gasteiger partial charge in [-0.15, -0.1) is 0 Å². The van der Waals surface area contributed by atoms with Crippen LogP contribution in [-0.2, 0) is 16.4 Å². The van der Waals surface area contributed by atoms with E-state index in [1.807, 2.05) is 0 Å². The number of nitrogens with zero attached hydrogens (tertiary/aromatic N) is 1. The van der Waals surface area contributed by atoms with Crippen LogP contribution in [0.15, 0.2) is 88.7 Å². The zero-order valence-electron chi connectivity index (χ0n) is 13.6. The Bertz CT molecular complexity index is 1020. The molecule has 0 aromatic heterocycles. The normalized spacial score (nSPS) is 11.1. The fourth-order valence-electron chi connectivity index (χ4n) is 2.42. The van der Waals surface area contributed by atoms with Crippen LogP contribution in [0.1, 0.15) is 5.56 Å². The second-order valence-electron chi connectivity index (χ2n) is 5.46. The van der Waals surface area contributed by atoms with Crippen molar-refractivity contribution in [2.24, 2.45) is 0 Å². The number of ether oxygens (including phenoxy) is 1. The van der Waals surface area contributed by atoms with Crippen molar-refractivity contribution in [1.29, 1.82) is 0 Å². The molecule has 3 aromatic rings. The molecular weight excluding hydrogens is 354 g/mol. The van der Waals surface area contributed by atoms with Crippen molar-refractivity contribution in [3.8, 4) is 5.75 Å². The van der Waals surface area contributed by atoms with Crippen LogP contribution in [0.3, 0.4) is 0 Å². The Morgan fingerprint density at radius 2 is 1.38 bits per heavy atom. The lowest BCUT2D eigenvalue weighted by molar-refractivity contribution is -0.385. The molecule has 26 heavy (non-hydrogen) atoms. The van der Waals surface area contributed by atoms with E-state index in [0.29, 0.717) is 11.3 Å². The lowest BCUT2D eigenvalue weighted by Gasteiger charge is -2.08. The first-order valence-corrected chi connectivity index (χ1v) is 9.22. The molecule has 0 heterocycles. The van der Waals surface area contributed by atoms with E-state index in [9.17, 15) is 18.5 Å². The van der Waals surface area contributed by atoms with Crippen LogP contribution in [0.25, 0.3) is 0 Å². The molecule has 0 saturated heterocycles. The van der Waals surface area contributed by atoms with Crippen LogP contribution >= 0.6 is 0 Å². The molecule has 0 atom stereocenters. The first-order chi connectivity index (χ1) is 12.5. The second-order valence-corrected chi connectivity index (χ2v) is 7.41. The van der Waals surface area contributed by atoms with Gasteiger partial charge in [-0.2, -0.15) is 0 Å². The summed E-state index contributed by atoms with van der Waals surface area (Å²) in [6.07, 6.45) is 0. The minimum absolute atomic E-state index is 0.0158. The van der Waals surface area contributed by atoms with E-state index in [0.717, 1.165) is 0 Å². The van der Waals surface area contributed by atoms with Crippen molar-refractivity contribution in [2.75, 3.05) is 0 Å². The third-order valence-electron chi connectivity index (χ3n) is 3.77. The number of para-hydroxylation sites is 1. The Labute approximate surface area is 150 Å². The summed E-state index contributed by atoms with van der Waals surface area (Å²) in [6.45, 7) is 0.0158. The van der Waals surface area contributed by atoms with Gasteiger partial charge >= 0.3 is 0 Å². The van der Waals surface area contributed by atoms with E-state index in [-0.39, 0.29) is 22.1 Å². The van der Waals surface area contributed by atoms with Crippen LogP contribution in [0, 0.1) is 10.1 Å². The van der Waals surface area contributed by atoms with Gasteiger partial charge in [0.05, 0.1) is 20.3 Å².